The summed E-state index contributed by atoms with van der Waals surface area (Å²) in [6.07, 6.45) is 12.1. The number of rotatable bonds is 1. The smallest absolute Gasteiger partial charge is 0.139 e. The Labute approximate surface area is 134 Å². The number of ketones is 1. The van der Waals surface area contributed by atoms with Gasteiger partial charge in [0.1, 0.15) is 5.78 Å². The summed E-state index contributed by atoms with van der Waals surface area (Å²) < 4.78 is 5.93. The van der Waals surface area contributed by atoms with Gasteiger partial charge in [-0.3, -0.25) is 4.79 Å². The normalized spacial score (nSPS) is 50.9. The van der Waals surface area contributed by atoms with E-state index in [0.717, 1.165) is 31.6 Å². The van der Waals surface area contributed by atoms with E-state index in [2.05, 4.69) is 19.9 Å². The molecule has 4 aliphatic carbocycles. The van der Waals surface area contributed by atoms with Crippen molar-refractivity contribution < 1.29 is 9.53 Å². The molecule has 2 heteroatoms. The highest BCUT2D eigenvalue weighted by molar-refractivity contribution is 5.87. The molecule has 3 saturated carbocycles. The Kier molecular flexibility index (Phi) is 3.35. The zero-order valence-electron chi connectivity index (χ0n) is 14.4. The highest BCUT2D eigenvalue weighted by Gasteiger charge is 2.60. The van der Waals surface area contributed by atoms with Gasteiger partial charge in [0, 0.05) is 18.9 Å². The molecule has 0 aliphatic heterocycles. The van der Waals surface area contributed by atoms with Crippen LogP contribution in [0, 0.1) is 28.6 Å². The molecule has 3 fully saturated rings. The molecule has 0 heterocycles. The van der Waals surface area contributed by atoms with Gasteiger partial charge in [-0.2, -0.15) is 0 Å². The van der Waals surface area contributed by atoms with Crippen LogP contribution in [-0.2, 0) is 9.53 Å². The summed E-state index contributed by atoms with van der Waals surface area (Å²) in [6, 6.07) is 0. The second-order valence-corrected chi connectivity index (χ2v) is 8.72. The third-order valence-corrected chi connectivity index (χ3v) is 8.01. The fraction of sp³-hybridized carbons (Fsp3) is 0.850. The van der Waals surface area contributed by atoms with Crippen LogP contribution >= 0.6 is 0 Å². The van der Waals surface area contributed by atoms with Crippen molar-refractivity contribution in [2.75, 3.05) is 7.11 Å². The topological polar surface area (TPSA) is 26.3 Å². The van der Waals surface area contributed by atoms with E-state index in [1.807, 2.05) is 7.11 Å². The monoisotopic (exact) mass is 302 g/mol. The van der Waals surface area contributed by atoms with E-state index in [1.165, 1.54) is 25.7 Å². The van der Waals surface area contributed by atoms with Crippen molar-refractivity contribution in [2.24, 2.45) is 28.6 Å². The van der Waals surface area contributed by atoms with Crippen molar-refractivity contribution in [1.29, 1.82) is 0 Å². The molecule has 0 radical (unpaired) electrons. The molecule has 2 nitrogen and oxygen atoms in total. The number of allylic oxidation sites excluding steroid dienone is 1. The van der Waals surface area contributed by atoms with Crippen LogP contribution in [0.4, 0.5) is 0 Å². The zero-order valence-corrected chi connectivity index (χ0v) is 14.4. The van der Waals surface area contributed by atoms with Crippen LogP contribution in [0.3, 0.4) is 0 Å². The van der Waals surface area contributed by atoms with Crippen molar-refractivity contribution in [3.63, 3.8) is 0 Å². The predicted octanol–water partition coefficient (Wildman–Crippen LogP) is 4.53. The van der Waals surface area contributed by atoms with Gasteiger partial charge in [0.2, 0.25) is 0 Å². The number of methoxy groups -OCH3 is 1. The molecule has 0 saturated heterocycles. The molecule has 122 valence electrons. The highest BCUT2D eigenvalue weighted by atomic mass is 16.5. The highest BCUT2D eigenvalue weighted by Crippen LogP contribution is 2.64. The summed E-state index contributed by atoms with van der Waals surface area (Å²) in [7, 11) is 1.88. The second kappa shape index (κ2) is 4.93. The minimum Gasteiger partial charge on any atom is -0.377 e. The average molecular weight is 302 g/mol. The lowest BCUT2D eigenvalue weighted by atomic mass is 9.47. The first kappa shape index (κ1) is 14.9. The van der Waals surface area contributed by atoms with Crippen LogP contribution < -0.4 is 0 Å². The average Bonchev–Trinajstić information content (AvgIpc) is 2.82. The Morgan fingerprint density at radius 1 is 1.14 bits per heavy atom. The van der Waals surface area contributed by atoms with Gasteiger partial charge in [-0.1, -0.05) is 19.9 Å². The lowest BCUT2D eigenvalue weighted by Crippen LogP contribution is -2.53. The van der Waals surface area contributed by atoms with E-state index in [9.17, 15) is 4.79 Å². The molecule has 0 aromatic heterocycles. The van der Waals surface area contributed by atoms with E-state index >= 15 is 0 Å². The Morgan fingerprint density at radius 2 is 1.91 bits per heavy atom. The van der Waals surface area contributed by atoms with Gasteiger partial charge in [-0.05, 0) is 73.7 Å². The molecule has 0 bridgehead atoms. The van der Waals surface area contributed by atoms with Gasteiger partial charge >= 0.3 is 0 Å². The zero-order chi connectivity index (χ0) is 15.5. The first-order valence-corrected chi connectivity index (χ1v) is 9.27. The maximum atomic E-state index is 12.5. The fourth-order valence-electron chi connectivity index (χ4n) is 6.78. The van der Waals surface area contributed by atoms with Crippen LogP contribution in [-0.4, -0.2) is 19.0 Å². The van der Waals surface area contributed by atoms with Gasteiger partial charge in [0.05, 0.1) is 6.10 Å². The summed E-state index contributed by atoms with van der Waals surface area (Å²) in [5.74, 6) is 2.61. The third kappa shape index (κ3) is 1.79. The SMILES string of the molecule is CO[C@H]1C[C@@H]2[C@H](CC[C@]3(C)C(=O)CC[C@@H]23)[C@@]2(C)CCCC=C12. The summed E-state index contributed by atoms with van der Waals surface area (Å²) >= 11 is 0. The molecule has 6 atom stereocenters. The molecule has 0 unspecified atom stereocenters. The van der Waals surface area contributed by atoms with Gasteiger partial charge in [-0.15, -0.1) is 0 Å². The standard InChI is InChI=1S/C20H30O2/c1-19-10-5-4-6-16(19)17(22-3)12-13-14-7-8-18(21)20(14,2)11-9-15(13)19/h6,13-15,17H,4-5,7-12H2,1-3H3/t13-,14-,15-,17-,19+,20-/m0/s1. The Hall–Kier alpha value is -0.630. The van der Waals surface area contributed by atoms with Crippen LogP contribution in [0.15, 0.2) is 11.6 Å². The maximum absolute atomic E-state index is 12.5. The van der Waals surface area contributed by atoms with E-state index in [1.54, 1.807) is 5.57 Å². The molecular weight excluding hydrogens is 272 g/mol. The first-order valence-electron chi connectivity index (χ1n) is 9.27. The number of Topliss-reactive ketones (excluding diaryl/α,β-unsaturated/α-hetero) is 1. The Bertz CT molecular complexity index is 522. The number of hydrogen-bond acceptors (Lipinski definition) is 2. The minimum atomic E-state index is -0.0221. The van der Waals surface area contributed by atoms with Crippen molar-refractivity contribution in [3.8, 4) is 0 Å². The molecule has 4 aliphatic rings. The van der Waals surface area contributed by atoms with Crippen LogP contribution in [0.1, 0.15) is 65.2 Å². The molecular formula is C20H30O2. The Balaban J connectivity index is 1.74. The molecule has 22 heavy (non-hydrogen) atoms. The summed E-state index contributed by atoms with van der Waals surface area (Å²) in [4.78, 5) is 12.5. The lowest BCUT2D eigenvalue weighted by Gasteiger charge is -2.58. The predicted molar refractivity (Wildman–Crippen MR) is 87.5 cm³/mol. The molecule has 0 aromatic carbocycles. The molecule has 0 aromatic rings. The number of fused-ring (bicyclic) bond motifs is 5. The van der Waals surface area contributed by atoms with Crippen molar-refractivity contribution in [2.45, 2.75) is 71.3 Å². The van der Waals surface area contributed by atoms with E-state index in [-0.39, 0.29) is 5.41 Å². The minimum absolute atomic E-state index is 0.0221. The number of carbonyl (C=O) groups is 1. The summed E-state index contributed by atoms with van der Waals surface area (Å²) in [6.45, 7) is 4.76. The fourth-order valence-corrected chi connectivity index (χ4v) is 6.78. The molecule has 4 rings (SSSR count). The van der Waals surface area contributed by atoms with Gasteiger partial charge in [0.25, 0.3) is 0 Å². The van der Waals surface area contributed by atoms with Crippen molar-refractivity contribution in [3.05, 3.63) is 11.6 Å². The van der Waals surface area contributed by atoms with Crippen molar-refractivity contribution in [1.82, 2.24) is 0 Å². The number of ether oxygens (including phenoxy) is 1. The Morgan fingerprint density at radius 3 is 2.68 bits per heavy atom. The van der Waals surface area contributed by atoms with Gasteiger partial charge in [0.15, 0.2) is 0 Å². The van der Waals surface area contributed by atoms with Gasteiger partial charge < -0.3 is 4.74 Å². The van der Waals surface area contributed by atoms with Crippen LogP contribution in [0.5, 0.6) is 0 Å². The first-order chi connectivity index (χ1) is 10.5. The molecule has 0 N–H and O–H groups in total. The third-order valence-electron chi connectivity index (χ3n) is 8.01. The number of hydrogen-bond donors (Lipinski definition) is 0. The van der Waals surface area contributed by atoms with Crippen LogP contribution in [0.25, 0.3) is 0 Å². The number of carbonyl (C=O) groups excluding carboxylic acids is 1. The lowest BCUT2D eigenvalue weighted by molar-refractivity contribution is -0.134. The van der Waals surface area contributed by atoms with E-state index < -0.39 is 0 Å². The second-order valence-electron chi connectivity index (χ2n) is 8.72. The largest absolute Gasteiger partial charge is 0.377 e. The molecule has 0 spiro atoms. The summed E-state index contributed by atoms with van der Waals surface area (Å²) in [5, 5.41) is 0. The molecule has 0 amide bonds. The maximum Gasteiger partial charge on any atom is 0.139 e. The van der Waals surface area contributed by atoms with Crippen molar-refractivity contribution >= 4 is 5.78 Å². The summed E-state index contributed by atoms with van der Waals surface area (Å²) in [5.41, 5.74) is 1.90. The van der Waals surface area contributed by atoms with Crippen LogP contribution in [0.2, 0.25) is 0 Å². The van der Waals surface area contributed by atoms with E-state index in [0.29, 0.717) is 29.1 Å². The van der Waals surface area contributed by atoms with E-state index in [4.69, 9.17) is 4.74 Å². The van der Waals surface area contributed by atoms with Gasteiger partial charge in [-0.25, -0.2) is 0 Å². The quantitative estimate of drug-likeness (QED) is 0.665.